The van der Waals surface area contributed by atoms with Gasteiger partial charge in [-0.15, -0.1) is 11.3 Å². The molecule has 0 aliphatic carbocycles. The number of benzene rings is 1. The second kappa shape index (κ2) is 7.32. The van der Waals surface area contributed by atoms with Crippen LogP contribution in [0.4, 0.5) is 0 Å². The predicted octanol–water partition coefficient (Wildman–Crippen LogP) is 3.61. The zero-order valence-electron chi connectivity index (χ0n) is 15.7. The Labute approximate surface area is 175 Å². The SMILES string of the molecule is Cc1cc(C#N)cc(-c2c(O)[n+](Cc3cnc(Cl)s3)c3c(C)cccn3c2=O)c1. The molecule has 4 aromatic rings. The first-order valence-corrected chi connectivity index (χ1v) is 9.97. The maximum atomic E-state index is 13.3. The number of fused-ring (bicyclic) bond motifs is 1. The van der Waals surface area contributed by atoms with Crippen molar-refractivity contribution in [2.45, 2.75) is 20.4 Å². The Kier molecular flexibility index (Phi) is 4.82. The van der Waals surface area contributed by atoms with Gasteiger partial charge in [-0.2, -0.15) is 14.2 Å². The average Bonchev–Trinajstić information content (AvgIpc) is 3.10. The van der Waals surface area contributed by atoms with Crippen LogP contribution < -0.4 is 10.1 Å². The predicted molar refractivity (Wildman–Crippen MR) is 111 cm³/mol. The first-order valence-electron chi connectivity index (χ1n) is 8.78. The second-order valence-corrected chi connectivity index (χ2v) is 8.45. The van der Waals surface area contributed by atoms with Crippen LogP contribution in [0.25, 0.3) is 16.8 Å². The summed E-state index contributed by atoms with van der Waals surface area (Å²) in [6.07, 6.45) is 3.32. The van der Waals surface area contributed by atoms with Gasteiger partial charge in [-0.25, -0.2) is 9.78 Å². The molecule has 8 heteroatoms. The Balaban J connectivity index is 2.08. The summed E-state index contributed by atoms with van der Waals surface area (Å²) in [7, 11) is 0. The van der Waals surface area contributed by atoms with Crippen LogP contribution in [0.5, 0.6) is 5.88 Å². The molecule has 3 heterocycles. The zero-order valence-corrected chi connectivity index (χ0v) is 17.3. The monoisotopic (exact) mass is 423 g/mol. The van der Waals surface area contributed by atoms with Gasteiger partial charge in [-0.05, 0) is 49.2 Å². The molecular weight excluding hydrogens is 408 g/mol. The number of aryl methyl sites for hydroxylation is 2. The topological polar surface area (TPSA) is 82.3 Å². The van der Waals surface area contributed by atoms with E-state index in [0.29, 0.717) is 27.8 Å². The fourth-order valence-corrected chi connectivity index (χ4v) is 4.44. The normalized spacial score (nSPS) is 11.0. The summed E-state index contributed by atoms with van der Waals surface area (Å²) < 4.78 is 3.60. The van der Waals surface area contributed by atoms with Crippen molar-refractivity contribution >= 4 is 28.6 Å². The molecule has 0 amide bonds. The Bertz CT molecular complexity index is 1370. The number of pyridine rings is 1. The van der Waals surface area contributed by atoms with Gasteiger partial charge in [-0.3, -0.25) is 0 Å². The van der Waals surface area contributed by atoms with Gasteiger partial charge in [-0.1, -0.05) is 17.7 Å². The molecule has 0 atom stereocenters. The highest BCUT2D eigenvalue weighted by atomic mass is 35.5. The molecule has 144 valence electrons. The van der Waals surface area contributed by atoms with E-state index in [1.54, 1.807) is 41.2 Å². The molecule has 4 rings (SSSR count). The van der Waals surface area contributed by atoms with Gasteiger partial charge < -0.3 is 5.11 Å². The van der Waals surface area contributed by atoms with Crippen LogP contribution in [-0.2, 0) is 6.54 Å². The Morgan fingerprint density at radius 1 is 1.34 bits per heavy atom. The Morgan fingerprint density at radius 3 is 2.83 bits per heavy atom. The third kappa shape index (κ3) is 3.37. The molecule has 0 saturated heterocycles. The van der Waals surface area contributed by atoms with Crippen molar-refractivity contribution in [3.05, 3.63) is 79.1 Å². The van der Waals surface area contributed by atoms with Crippen LogP contribution in [0.3, 0.4) is 0 Å². The van der Waals surface area contributed by atoms with E-state index in [1.807, 2.05) is 19.9 Å². The molecular formula is C21H16ClN4O2S+. The number of rotatable bonds is 3. The summed E-state index contributed by atoms with van der Waals surface area (Å²) in [5.41, 5.74) is 2.96. The highest BCUT2D eigenvalue weighted by molar-refractivity contribution is 7.15. The number of nitrogens with zero attached hydrogens (tertiary/aromatic N) is 4. The second-order valence-electron chi connectivity index (χ2n) is 6.75. The van der Waals surface area contributed by atoms with E-state index in [-0.39, 0.29) is 17.0 Å². The maximum Gasteiger partial charge on any atom is 0.354 e. The molecule has 0 saturated carbocycles. The molecule has 0 fully saturated rings. The van der Waals surface area contributed by atoms with Gasteiger partial charge in [0.15, 0.2) is 10.0 Å². The quantitative estimate of drug-likeness (QED) is 0.510. The number of halogens is 1. The summed E-state index contributed by atoms with van der Waals surface area (Å²) in [5.74, 6) is -0.164. The molecule has 0 aliphatic heterocycles. The molecule has 0 spiro atoms. The number of thiazole rings is 1. The molecule has 29 heavy (non-hydrogen) atoms. The van der Waals surface area contributed by atoms with Crippen molar-refractivity contribution in [1.82, 2.24) is 9.38 Å². The van der Waals surface area contributed by atoms with Gasteiger partial charge >= 0.3 is 5.56 Å². The smallest absolute Gasteiger partial charge is 0.354 e. The van der Waals surface area contributed by atoms with E-state index >= 15 is 0 Å². The van der Waals surface area contributed by atoms with Gasteiger partial charge in [0.05, 0.1) is 22.7 Å². The summed E-state index contributed by atoms with van der Waals surface area (Å²) in [5, 5.41) is 20.5. The minimum atomic E-state index is -0.353. The van der Waals surface area contributed by atoms with Crippen LogP contribution >= 0.6 is 22.9 Å². The minimum Gasteiger partial charge on any atom is -0.477 e. The Hall–Kier alpha value is -3.21. The third-order valence-electron chi connectivity index (χ3n) is 4.66. The number of hydrogen-bond donors (Lipinski definition) is 1. The minimum absolute atomic E-state index is 0.143. The van der Waals surface area contributed by atoms with Crippen molar-refractivity contribution in [1.29, 1.82) is 5.26 Å². The molecule has 0 aliphatic rings. The summed E-state index contributed by atoms with van der Waals surface area (Å²) in [6.45, 7) is 4.02. The number of aromatic hydroxyl groups is 1. The lowest BCUT2D eigenvalue weighted by Crippen LogP contribution is -2.41. The van der Waals surface area contributed by atoms with Crippen LogP contribution in [0.2, 0.25) is 4.47 Å². The van der Waals surface area contributed by atoms with Gasteiger partial charge in [0.2, 0.25) is 0 Å². The lowest BCUT2D eigenvalue weighted by molar-refractivity contribution is -0.671. The van der Waals surface area contributed by atoms with Gasteiger partial charge in [0.1, 0.15) is 6.54 Å². The van der Waals surface area contributed by atoms with Gasteiger partial charge in [0.25, 0.3) is 11.5 Å². The summed E-state index contributed by atoms with van der Waals surface area (Å²) >= 11 is 7.28. The van der Waals surface area contributed by atoms with Crippen LogP contribution in [0, 0.1) is 25.2 Å². The van der Waals surface area contributed by atoms with Crippen LogP contribution in [-0.4, -0.2) is 14.5 Å². The number of aromatic nitrogens is 3. The van der Waals surface area contributed by atoms with Crippen molar-refractivity contribution in [2.24, 2.45) is 0 Å². The van der Waals surface area contributed by atoms with E-state index in [0.717, 1.165) is 16.0 Å². The molecule has 0 bridgehead atoms. The molecule has 1 aromatic carbocycles. The third-order valence-corrected chi connectivity index (χ3v) is 5.76. The van der Waals surface area contributed by atoms with E-state index in [2.05, 4.69) is 11.1 Å². The Morgan fingerprint density at radius 2 is 2.14 bits per heavy atom. The van der Waals surface area contributed by atoms with Crippen molar-refractivity contribution in [3.8, 4) is 23.1 Å². The molecule has 6 nitrogen and oxygen atoms in total. The largest absolute Gasteiger partial charge is 0.477 e. The van der Waals surface area contributed by atoms with E-state index in [4.69, 9.17) is 11.6 Å². The zero-order chi connectivity index (χ0) is 20.7. The highest BCUT2D eigenvalue weighted by Gasteiger charge is 2.27. The van der Waals surface area contributed by atoms with Gasteiger partial charge in [0, 0.05) is 11.8 Å². The van der Waals surface area contributed by atoms with Crippen LogP contribution in [0.1, 0.15) is 21.6 Å². The van der Waals surface area contributed by atoms with E-state index < -0.39 is 0 Å². The molecule has 3 aromatic heterocycles. The van der Waals surface area contributed by atoms with E-state index in [9.17, 15) is 15.2 Å². The van der Waals surface area contributed by atoms with Crippen LogP contribution in [0.15, 0.2) is 47.5 Å². The standard InChI is InChI=1S/C21H15ClN4O2S/c1-12-6-14(9-23)8-15(7-12)17-19(27)25-5-3-4-13(2)18(25)26(20(17)28)11-16-10-24-21(22)29-16/h3-8,10H,11H2,1-2H3/p+1. The average molecular weight is 424 g/mol. The van der Waals surface area contributed by atoms with Crippen molar-refractivity contribution in [2.75, 3.05) is 0 Å². The molecule has 1 N–H and O–H groups in total. The first-order chi connectivity index (χ1) is 13.9. The lowest BCUT2D eigenvalue weighted by atomic mass is 10.0. The lowest BCUT2D eigenvalue weighted by Gasteiger charge is -2.11. The summed E-state index contributed by atoms with van der Waals surface area (Å²) in [6, 6.07) is 10.9. The summed E-state index contributed by atoms with van der Waals surface area (Å²) in [4.78, 5) is 18.2. The fraction of sp³-hybridized carbons (Fsp3) is 0.143. The molecule has 0 radical (unpaired) electrons. The fourth-order valence-electron chi connectivity index (χ4n) is 3.47. The number of hydrogen-bond acceptors (Lipinski definition) is 5. The number of nitriles is 1. The first kappa shape index (κ1) is 19.1. The van der Waals surface area contributed by atoms with E-state index in [1.165, 1.54) is 15.7 Å². The molecule has 0 unspecified atom stereocenters. The van der Waals surface area contributed by atoms with Crippen molar-refractivity contribution < 1.29 is 9.67 Å². The van der Waals surface area contributed by atoms with Crippen molar-refractivity contribution in [3.63, 3.8) is 0 Å². The highest BCUT2D eigenvalue weighted by Crippen LogP contribution is 2.27. The maximum absolute atomic E-state index is 13.3.